The third-order valence-corrected chi connectivity index (χ3v) is 4.39. The topological polar surface area (TPSA) is 80.2 Å². The van der Waals surface area contributed by atoms with Crippen LogP contribution >= 0.6 is 0 Å². The first kappa shape index (κ1) is 16.9. The fraction of sp³-hybridized carbons (Fsp3) is 0.143. The monoisotopic (exact) mass is 362 g/mol. The van der Waals surface area contributed by atoms with Crippen LogP contribution in [0.2, 0.25) is 0 Å². The van der Waals surface area contributed by atoms with Gasteiger partial charge in [-0.1, -0.05) is 36.4 Å². The number of para-hydroxylation sites is 1. The van der Waals surface area contributed by atoms with Gasteiger partial charge in [0.2, 0.25) is 6.10 Å². The van der Waals surface area contributed by atoms with Crippen LogP contribution in [0.3, 0.4) is 0 Å². The van der Waals surface area contributed by atoms with Gasteiger partial charge in [0, 0.05) is 5.56 Å². The average Bonchev–Trinajstić information content (AvgIpc) is 2.70. The van der Waals surface area contributed by atoms with Crippen molar-refractivity contribution in [3.8, 4) is 17.2 Å². The van der Waals surface area contributed by atoms with Gasteiger partial charge in [0.15, 0.2) is 11.5 Å². The summed E-state index contributed by atoms with van der Waals surface area (Å²) >= 11 is 0. The van der Waals surface area contributed by atoms with Crippen molar-refractivity contribution in [2.75, 3.05) is 6.61 Å². The molecule has 3 aromatic rings. The number of rotatable bonds is 3. The molecule has 1 atom stereocenters. The number of carbonyl (C=O) groups excluding carboxylic acids is 1. The van der Waals surface area contributed by atoms with Crippen LogP contribution in [0.15, 0.2) is 65.8 Å². The number of hydrogen-bond donors (Lipinski definition) is 2. The number of benzene rings is 3. The molecule has 0 aliphatic carbocycles. The van der Waals surface area contributed by atoms with Gasteiger partial charge in [-0.15, -0.1) is 0 Å². The van der Waals surface area contributed by atoms with E-state index in [1.807, 2.05) is 36.4 Å². The molecule has 27 heavy (non-hydrogen) atoms. The van der Waals surface area contributed by atoms with E-state index in [1.54, 1.807) is 31.2 Å². The van der Waals surface area contributed by atoms with Crippen LogP contribution in [0, 0.1) is 0 Å². The van der Waals surface area contributed by atoms with Crippen molar-refractivity contribution < 1.29 is 19.4 Å². The molecule has 136 valence electrons. The van der Waals surface area contributed by atoms with Gasteiger partial charge < -0.3 is 14.6 Å². The van der Waals surface area contributed by atoms with Crippen molar-refractivity contribution >= 4 is 22.4 Å². The molecule has 1 unspecified atom stereocenters. The van der Waals surface area contributed by atoms with Crippen molar-refractivity contribution in [3.05, 3.63) is 66.2 Å². The maximum Gasteiger partial charge on any atom is 0.284 e. The van der Waals surface area contributed by atoms with Gasteiger partial charge >= 0.3 is 0 Å². The van der Waals surface area contributed by atoms with Crippen LogP contribution in [0.5, 0.6) is 17.2 Å². The van der Waals surface area contributed by atoms with Crippen LogP contribution in [0.25, 0.3) is 10.8 Å². The van der Waals surface area contributed by atoms with Crippen LogP contribution in [-0.4, -0.2) is 29.4 Å². The second kappa shape index (κ2) is 6.99. The van der Waals surface area contributed by atoms with E-state index in [4.69, 9.17) is 9.47 Å². The number of fused-ring (bicyclic) bond motifs is 2. The largest absolute Gasteiger partial charge is 0.507 e. The fourth-order valence-corrected chi connectivity index (χ4v) is 2.94. The van der Waals surface area contributed by atoms with Crippen molar-refractivity contribution in [1.29, 1.82) is 0 Å². The van der Waals surface area contributed by atoms with E-state index in [2.05, 4.69) is 10.5 Å². The molecule has 2 N–H and O–H groups in total. The summed E-state index contributed by atoms with van der Waals surface area (Å²) in [4.78, 5) is 12.4. The number of phenolic OH excluding ortho intramolecular Hbond substituents is 1. The van der Waals surface area contributed by atoms with Crippen molar-refractivity contribution in [1.82, 2.24) is 5.43 Å². The standard InChI is InChI=1S/C21H18N2O4/c1-13(16-8-4-5-9-17(16)24)22-23-21(25)20-12-26-18-10-14-6-2-3-7-15(14)11-19(18)27-20/h2-11,20,24H,12H2,1H3,(H,23,25)/b22-13-. The zero-order valence-electron chi connectivity index (χ0n) is 14.7. The zero-order chi connectivity index (χ0) is 18.8. The predicted octanol–water partition coefficient (Wildman–Crippen LogP) is 3.23. The minimum Gasteiger partial charge on any atom is -0.507 e. The summed E-state index contributed by atoms with van der Waals surface area (Å²) in [5.74, 6) is 0.836. The Bertz CT molecular complexity index is 1050. The lowest BCUT2D eigenvalue weighted by molar-refractivity contribution is -0.130. The highest BCUT2D eigenvalue weighted by Crippen LogP contribution is 2.35. The van der Waals surface area contributed by atoms with E-state index in [0.717, 1.165) is 10.8 Å². The van der Waals surface area contributed by atoms with E-state index in [9.17, 15) is 9.90 Å². The van der Waals surface area contributed by atoms with Gasteiger partial charge in [-0.3, -0.25) is 4.79 Å². The molecule has 0 radical (unpaired) electrons. The van der Waals surface area contributed by atoms with Crippen LogP contribution < -0.4 is 14.9 Å². The van der Waals surface area contributed by atoms with E-state index < -0.39 is 12.0 Å². The van der Waals surface area contributed by atoms with Crippen molar-refractivity contribution in [3.63, 3.8) is 0 Å². The maximum absolute atomic E-state index is 12.4. The Balaban J connectivity index is 1.48. The van der Waals surface area contributed by atoms with Gasteiger partial charge in [0.25, 0.3) is 5.91 Å². The minimum absolute atomic E-state index is 0.0995. The molecule has 6 heteroatoms. The number of phenols is 1. The van der Waals surface area contributed by atoms with Crippen LogP contribution in [-0.2, 0) is 4.79 Å². The Hall–Kier alpha value is -3.54. The molecule has 1 amide bonds. The maximum atomic E-state index is 12.4. The molecule has 1 aliphatic heterocycles. The quantitative estimate of drug-likeness (QED) is 0.554. The lowest BCUT2D eigenvalue weighted by atomic mass is 10.1. The Morgan fingerprint density at radius 2 is 1.74 bits per heavy atom. The Morgan fingerprint density at radius 3 is 2.48 bits per heavy atom. The Kier molecular flexibility index (Phi) is 4.38. The number of hydrogen-bond acceptors (Lipinski definition) is 5. The molecule has 0 bridgehead atoms. The molecule has 0 saturated heterocycles. The highest BCUT2D eigenvalue weighted by atomic mass is 16.6. The molecule has 1 aliphatic rings. The SMILES string of the molecule is C/C(=N/NC(=O)C1COc2cc3ccccc3cc2O1)c1ccccc1O. The number of ether oxygens (including phenoxy) is 2. The number of carbonyl (C=O) groups is 1. The number of nitrogens with one attached hydrogen (secondary N) is 1. The third-order valence-electron chi connectivity index (χ3n) is 4.39. The predicted molar refractivity (Wildman–Crippen MR) is 102 cm³/mol. The summed E-state index contributed by atoms with van der Waals surface area (Å²) < 4.78 is 11.5. The average molecular weight is 362 g/mol. The van der Waals surface area contributed by atoms with Gasteiger partial charge in [-0.25, -0.2) is 5.43 Å². The summed E-state index contributed by atoms with van der Waals surface area (Å²) in [5, 5.41) is 16.0. The highest BCUT2D eigenvalue weighted by Gasteiger charge is 2.27. The second-order valence-electron chi connectivity index (χ2n) is 6.25. The Labute approximate surface area is 156 Å². The summed E-state index contributed by atoms with van der Waals surface area (Å²) in [6.07, 6.45) is -0.806. The normalized spacial score (nSPS) is 16.2. The van der Waals surface area contributed by atoms with E-state index in [1.165, 1.54) is 0 Å². The van der Waals surface area contributed by atoms with Gasteiger partial charge in [0.05, 0.1) is 5.71 Å². The smallest absolute Gasteiger partial charge is 0.284 e. The molecular weight excluding hydrogens is 344 g/mol. The molecule has 0 aromatic heterocycles. The summed E-state index contributed by atoms with van der Waals surface area (Å²) in [7, 11) is 0. The van der Waals surface area contributed by atoms with Crippen LogP contribution in [0.1, 0.15) is 12.5 Å². The summed E-state index contributed by atoms with van der Waals surface area (Å²) in [6.45, 7) is 1.80. The van der Waals surface area contributed by atoms with Gasteiger partial charge in [-0.2, -0.15) is 5.10 Å². The fourth-order valence-electron chi connectivity index (χ4n) is 2.94. The zero-order valence-corrected chi connectivity index (χ0v) is 14.7. The summed E-state index contributed by atoms with van der Waals surface area (Å²) in [6, 6.07) is 18.4. The molecule has 0 saturated carbocycles. The van der Waals surface area contributed by atoms with Crippen molar-refractivity contribution in [2.45, 2.75) is 13.0 Å². The molecule has 1 heterocycles. The molecule has 3 aromatic carbocycles. The number of aromatic hydroxyl groups is 1. The van der Waals surface area contributed by atoms with E-state index >= 15 is 0 Å². The van der Waals surface area contributed by atoms with E-state index in [0.29, 0.717) is 22.8 Å². The molecule has 0 spiro atoms. The molecule has 0 fully saturated rings. The molecule has 4 rings (SSSR count). The first-order chi connectivity index (χ1) is 13.1. The van der Waals surface area contributed by atoms with E-state index in [-0.39, 0.29) is 12.4 Å². The first-order valence-corrected chi connectivity index (χ1v) is 8.56. The molecule has 6 nitrogen and oxygen atoms in total. The summed E-state index contributed by atoms with van der Waals surface area (Å²) in [5.41, 5.74) is 3.52. The first-order valence-electron chi connectivity index (χ1n) is 8.56. The Morgan fingerprint density at radius 1 is 1.07 bits per heavy atom. The van der Waals surface area contributed by atoms with Crippen molar-refractivity contribution in [2.24, 2.45) is 5.10 Å². The van der Waals surface area contributed by atoms with Gasteiger partial charge in [0.1, 0.15) is 12.4 Å². The minimum atomic E-state index is -0.806. The lowest BCUT2D eigenvalue weighted by Crippen LogP contribution is -2.42. The lowest BCUT2D eigenvalue weighted by Gasteiger charge is -2.25. The highest BCUT2D eigenvalue weighted by molar-refractivity contribution is 6.01. The second-order valence-corrected chi connectivity index (χ2v) is 6.25. The van der Waals surface area contributed by atoms with Gasteiger partial charge in [-0.05, 0) is 42.0 Å². The number of nitrogens with zero attached hydrogens (tertiary/aromatic N) is 1. The third kappa shape index (κ3) is 3.42. The molecular formula is C21H18N2O4. The number of hydrazone groups is 1. The number of amides is 1. The van der Waals surface area contributed by atoms with Crippen LogP contribution in [0.4, 0.5) is 0 Å².